The summed E-state index contributed by atoms with van der Waals surface area (Å²) in [5, 5.41) is 12.5. The van der Waals surface area contributed by atoms with Crippen LogP contribution in [0.4, 0.5) is 0 Å². The first-order chi connectivity index (χ1) is 9.56. The van der Waals surface area contributed by atoms with E-state index >= 15 is 0 Å². The molecular weight excluding hydrogens is 316 g/mol. The van der Waals surface area contributed by atoms with Crippen molar-refractivity contribution in [3.8, 4) is 6.07 Å². The summed E-state index contributed by atoms with van der Waals surface area (Å²) in [6.45, 7) is 1.98. The Hall–Kier alpha value is -1.34. The van der Waals surface area contributed by atoms with Crippen LogP contribution in [0.1, 0.15) is 54.4 Å². The lowest BCUT2D eigenvalue weighted by molar-refractivity contribution is 0.0912. The summed E-state index contributed by atoms with van der Waals surface area (Å²) in [6, 6.07) is 7.97. The minimum atomic E-state index is -0.697. The van der Waals surface area contributed by atoms with Crippen molar-refractivity contribution in [2.45, 2.75) is 51.0 Å². The summed E-state index contributed by atoms with van der Waals surface area (Å²) in [7, 11) is 0. The second-order valence-corrected chi connectivity index (χ2v) is 6.40. The molecule has 0 bridgehead atoms. The number of hydrogen-bond acceptors (Lipinski definition) is 2. The third kappa shape index (κ3) is 3.40. The minimum absolute atomic E-state index is 0.166. The Morgan fingerprint density at radius 1 is 1.30 bits per heavy atom. The van der Waals surface area contributed by atoms with Crippen molar-refractivity contribution in [2.24, 2.45) is 0 Å². The number of nitrogens with zero attached hydrogens (tertiary/aromatic N) is 1. The molecule has 1 aliphatic rings. The predicted molar refractivity (Wildman–Crippen MR) is 82.4 cm³/mol. The van der Waals surface area contributed by atoms with Crippen LogP contribution in [0.5, 0.6) is 0 Å². The normalized spacial score (nSPS) is 17.9. The molecule has 0 aliphatic heterocycles. The highest BCUT2D eigenvalue weighted by molar-refractivity contribution is 9.10. The van der Waals surface area contributed by atoms with E-state index in [1.165, 1.54) is 0 Å². The van der Waals surface area contributed by atoms with Crippen LogP contribution in [0.15, 0.2) is 22.7 Å². The molecule has 0 heterocycles. The summed E-state index contributed by atoms with van der Waals surface area (Å²) >= 11 is 3.42. The second-order valence-electron chi connectivity index (χ2n) is 5.55. The first-order valence-electron chi connectivity index (χ1n) is 7.06. The molecule has 0 unspecified atom stereocenters. The zero-order valence-electron chi connectivity index (χ0n) is 11.7. The van der Waals surface area contributed by atoms with E-state index in [1.54, 1.807) is 6.07 Å². The van der Waals surface area contributed by atoms with Gasteiger partial charge in [-0.25, -0.2) is 0 Å². The SMILES string of the molecule is Cc1ccc(C(=O)NC2(C#N)CCCCCC2)c(Br)c1. The molecule has 0 radical (unpaired) electrons. The van der Waals surface area contributed by atoms with Crippen LogP contribution < -0.4 is 5.32 Å². The Kier molecular flexibility index (Phi) is 4.82. The highest BCUT2D eigenvalue weighted by atomic mass is 79.9. The maximum absolute atomic E-state index is 12.4. The molecule has 3 nitrogen and oxygen atoms in total. The Labute approximate surface area is 128 Å². The molecule has 0 atom stereocenters. The molecule has 106 valence electrons. The van der Waals surface area contributed by atoms with E-state index in [0.717, 1.165) is 48.6 Å². The number of amides is 1. The van der Waals surface area contributed by atoms with Crippen molar-refractivity contribution in [3.05, 3.63) is 33.8 Å². The first kappa shape index (κ1) is 15.1. The van der Waals surface area contributed by atoms with E-state index in [1.807, 2.05) is 19.1 Å². The van der Waals surface area contributed by atoms with Crippen LogP contribution in [0, 0.1) is 18.3 Å². The summed E-state index contributed by atoms with van der Waals surface area (Å²) in [4.78, 5) is 12.4. The molecule has 1 aromatic rings. The largest absolute Gasteiger partial charge is 0.334 e. The van der Waals surface area contributed by atoms with Gasteiger partial charge in [0.05, 0.1) is 11.6 Å². The molecular formula is C16H19BrN2O. The average Bonchev–Trinajstić information content (AvgIpc) is 2.64. The fraction of sp³-hybridized carbons (Fsp3) is 0.500. The van der Waals surface area contributed by atoms with E-state index in [-0.39, 0.29) is 5.91 Å². The quantitative estimate of drug-likeness (QED) is 0.827. The van der Waals surface area contributed by atoms with E-state index in [0.29, 0.717) is 5.56 Å². The Balaban J connectivity index is 2.18. The number of nitriles is 1. The molecule has 2 rings (SSSR count). The smallest absolute Gasteiger partial charge is 0.253 e. The van der Waals surface area contributed by atoms with Gasteiger partial charge in [0.25, 0.3) is 5.91 Å². The van der Waals surface area contributed by atoms with Crippen molar-refractivity contribution in [2.75, 3.05) is 0 Å². The fourth-order valence-corrected chi connectivity index (χ4v) is 3.36. The van der Waals surface area contributed by atoms with Crippen LogP contribution >= 0.6 is 15.9 Å². The van der Waals surface area contributed by atoms with Gasteiger partial charge in [0.15, 0.2) is 0 Å². The number of aryl methyl sites for hydroxylation is 1. The van der Waals surface area contributed by atoms with E-state index in [9.17, 15) is 10.1 Å². The van der Waals surface area contributed by atoms with E-state index in [4.69, 9.17) is 0 Å². The van der Waals surface area contributed by atoms with Crippen molar-refractivity contribution in [3.63, 3.8) is 0 Å². The second kappa shape index (κ2) is 6.41. The van der Waals surface area contributed by atoms with Gasteiger partial charge in [-0.05, 0) is 53.4 Å². The maximum atomic E-state index is 12.4. The van der Waals surface area contributed by atoms with Crippen LogP contribution in [0.2, 0.25) is 0 Å². The van der Waals surface area contributed by atoms with Crippen molar-refractivity contribution in [1.29, 1.82) is 5.26 Å². The highest BCUT2D eigenvalue weighted by Crippen LogP contribution is 2.27. The highest BCUT2D eigenvalue weighted by Gasteiger charge is 2.33. The number of nitrogens with one attached hydrogen (secondary N) is 1. The molecule has 1 saturated carbocycles. The zero-order chi connectivity index (χ0) is 14.6. The minimum Gasteiger partial charge on any atom is -0.334 e. The van der Waals surface area contributed by atoms with Gasteiger partial charge in [0, 0.05) is 4.47 Å². The molecule has 20 heavy (non-hydrogen) atoms. The summed E-state index contributed by atoms with van der Waals surface area (Å²) in [5.41, 5.74) is 0.991. The van der Waals surface area contributed by atoms with Crippen molar-refractivity contribution >= 4 is 21.8 Å². The molecule has 0 aromatic heterocycles. The Bertz CT molecular complexity index is 540. The molecule has 1 N–H and O–H groups in total. The summed E-state index contributed by atoms with van der Waals surface area (Å²) in [5.74, 6) is -0.166. The molecule has 0 saturated heterocycles. The molecule has 4 heteroatoms. The lowest BCUT2D eigenvalue weighted by atomic mass is 9.91. The Morgan fingerprint density at radius 2 is 1.95 bits per heavy atom. The molecule has 1 amide bonds. The van der Waals surface area contributed by atoms with Gasteiger partial charge in [-0.1, -0.05) is 31.7 Å². The predicted octanol–water partition coefficient (Wildman–Crippen LogP) is 4.10. The zero-order valence-corrected chi connectivity index (χ0v) is 13.3. The molecule has 1 fully saturated rings. The lowest BCUT2D eigenvalue weighted by Gasteiger charge is -2.26. The molecule has 0 spiro atoms. The van der Waals surface area contributed by atoms with Crippen molar-refractivity contribution in [1.82, 2.24) is 5.32 Å². The topological polar surface area (TPSA) is 52.9 Å². The van der Waals surface area contributed by atoms with Gasteiger partial charge in [-0.15, -0.1) is 0 Å². The lowest BCUT2D eigenvalue weighted by Crippen LogP contribution is -2.47. The van der Waals surface area contributed by atoms with Crippen LogP contribution in [0.3, 0.4) is 0 Å². The first-order valence-corrected chi connectivity index (χ1v) is 7.85. The Morgan fingerprint density at radius 3 is 2.50 bits per heavy atom. The fourth-order valence-electron chi connectivity index (χ4n) is 2.69. The van der Waals surface area contributed by atoms with E-state index < -0.39 is 5.54 Å². The van der Waals surface area contributed by atoms with E-state index in [2.05, 4.69) is 27.3 Å². The maximum Gasteiger partial charge on any atom is 0.253 e. The average molecular weight is 335 g/mol. The monoisotopic (exact) mass is 334 g/mol. The molecule has 1 aliphatic carbocycles. The molecule has 1 aromatic carbocycles. The number of carbonyl (C=O) groups excluding carboxylic acids is 1. The summed E-state index contributed by atoms with van der Waals surface area (Å²) < 4.78 is 0.775. The van der Waals surface area contributed by atoms with Gasteiger partial charge in [-0.2, -0.15) is 5.26 Å². The third-order valence-corrected chi connectivity index (χ3v) is 4.55. The number of rotatable bonds is 2. The van der Waals surface area contributed by atoms with Gasteiger partial charge >= 0.3 is 0 Å². The van der Waals surface area contributed by atoms with Gasteiger partial charge in [0.2, 0.25) is 0 Å². The van der Waals surface area contributed by atoms with Gasteiger partial charge in [0.1, 0.15) is 5.54 Å². The number of benzene rings is 1. The van der Waals surface area contributed by atoms with Gasteiger partial charge in [-0.3, -0.25) is 4.79 Å². The van der Waals surface area contributed by atoms with Crippen LogP contribution in [-0.4, -0.2) is 11.4 Å². The number of halogens is 1. The third-order valence-electron chi connectivity index (χ3n) is 3.89. The van der Waals surface area contributed by atoms with Crippen LogP contribution in [-0.2, 0) is 0 Å². The standard InChI is InChI=1S/C16H19BrN2O/c1-12-6-7-13(14(17)10-12)15(20)19-16(11-18)8-4-2-3-5-9-16/h6-7,10H,2-5,8-9H2,1H3,(H,19,20). The number of carbonyl (C=O) groups is 1. The number of hydrogen-bond donors (Lipinski definition) is 1. The van der Waals surface area contributed by atoms with Crippen molar-refractivity contribution < 1.29 is 4.79 Å². The summed E-state index contributed by atoms with van der Waals surface area (Å²) in [6.07, 6.45) is 5.80. The van der Waals surface area contributed by atoms with Crippen LogP contribution in [0.25, 0.3) is 0 Å². The van der Waals surface area contributed by atoms with Gasteiger partial charge < -0.3 is 5.32 Å².